The summed E-state index contributed by atoms with van der Waals surface area (Å²) in [5.41, 5.74) is 0.448. The maximum Gasteiger partial charge on any atom is 0.264 e. The molecule has 0 saturated carbocycles. The predicted octanol–water partition coefficient (Wildman–Crippen LogP) is 0.526. The average molecular weight is 354 g/mol. The molecule has 0 saturated heterocycles. The summed E-state index contributed by atoms with van der Waals surface area (Å²) < 4.78 is 63.5. The number of methoxy groups -OCH3 is 1. The molecular weight excluding hydrogens is 336 g/mol. The molecule has 0 unspecified atom stereocenters. The zero-order valence-electron chi connectivity index (χ0n) is 12.4. The molecule has 8 nitrogen and oxygen atoms in total. The van der Waals surface area contributed by atoms with Gasteiger partial charge in [-0.1, -0.05) is 0 Å². The Morgan fingerprint density at radius 1 is 0.955 bits per heavy atom. The van der Waals surface area contributed by atoms with Crippen LogP contribution < -0.4 is 9.47 Å². The van der Waals surface area contributed by atoms with Gasteiger partial charge in [0.25, 0.3) is 20.2 Å². The van der Waals surface area contributed by atoms with E-state index >= 15 is 0 Å². The van der Waals surface area contributed by atoms with Crippen molar-refractivity contribution in [3.63, 3.8) is 0 Å². The van der Waals surface area contributed by atoms with Crippen molar-refractivity contribution in [1.82, 2.24) is 0 Å². The molecule has 0 fully saturated rings. The van der Waals surface area contributed by atoms with Crippen molar-refractivity contribution in [3.8, 4) is 11.5 Å². The number of ether oxygens (including phenoxy) is 2. The summed E-state index contributed by atoms with van der Waals surface area (Å²) in [4.78, 5) is 0. The number of hydrogen-bond donors (Lipinski definition) is 0. The zero-order valence-corrected chi connectivity index (χ0v) is 14.1. The molecule has 0 heterocycles. The fraction of sp³-hybridized carbons (Fsp3) is 0.500. The van der Waals surface area contributed by atoms with Crippen LogP contribution in [0.4, 0.5) is 0 Å². The van der Waals surface area contributed by atoms with Gasteiger partial charge < -0.3 is 9.47 Å². The van der Waals surface area contributed by atoms with Gasteiger partial charge in [0.1, 0.15) is 24.7 Å². The second kappa shape index (κ2) is 7.77. The summed E-state index contributed by atoms with van der Waals surface area (Å²) in [7, 11) is -5.67. The Balaban J connectivity index is 2.75. The largest absolute Gasteiger partial charge is 0.497 e. The third-order valence-corrected chi connectivity index (χ3v) is 3.48. The Hall–Kier alpha value is -1.36. The maximum atomic E-state index is 11.1. The average Bonchev–Trinajstić information content (AvgIpc) is 2.40. The first kappa shape index (κ1) is 18.7. The molecule has 126 valence electrons. The van der Waals surface area contributed by atoms with E-state index in [1.54, 1.807) is 18.2 Å². The molecule has 0 amide bonds. The summed E-state index contributed by atoms with van der Waals surface area (Å²) in [6.07, 6.45) is 1.87. The minimum absolute atomic E-state index is 0.0225. The minimum Gasteiger partial charge on any atom is -0.497 e. The van der Waals surface area contributed by atoms with E-state index in [0.29, 0.717) is 17.1 Å². The molecule has 22 heavy (non-hydrogen) atoms. The fourth-order valence-electron chi connectivity index (χ4n) is 1.44. The lowest BCUT2D eigenvalue weighted by atomic mass is 10.2. The van der Waals surface area contributed by atoms with Crippen molar-refractivity contribution in [3.05, 3.63) is 23.8 Å². The van der Waals surface area contributed by atoms with E-state index in [0.717, 1.165) is 12.5 Å². The van der Waals surface area contributed by atoms with Crippen molar-refractivity contribution in [2.45, 2.75) is 6.61 Å². The van der Waals surface area contributed by atoms with Crippen LogP contribution in [0.15, 0.2) is 18.2 Å². The van der Waals surface area contributed by atoms with Crippen LogP contribution in [0.5, 0.6) is 11.5 Å². The molecule has 0 spiro atoms. The van der Waals surface area contributed by atoms with Crippen LogP contribution in [0, 0.1) is 0 Å². The lowest BCUT2D eigenvalue weighted by Gasteiger charge is -2.12. The quantitative estimate of drug-likeness (QED) is 0.467. The highest BCUT2D eigenvalue weighted by atomic mass is 32.2. The van der Waals surface area contributed by atoms with E-state index in [1.807, 2.05) is 0 Å². The van der Waals surface area contributed by atoms with Crippen LogP contribution in [0.3, 0.4) is 0 Å². The molecule has 0 radical (unpaired) electrons. The first-order valence-corrected chi connectivity index (χ1v) is 9.72. The Kier molecular flexibility index (Phi) is 6.60. The van der Waals surface area contributed by atoms with Gasteiger partial charge in [0.2, 0.25) is 0 Å². The Morgan fingerprint density at radius 2 is 1.59 bits per heavy atom. The molecule has 0 aliphatic rings. The first-order chi connectivity index (χ1) is 10.1. The van der Waals surface area contributed by atoms with Gasteiger partial charge in [-0.3, -0.25) is 8.37 Å². The normalized spacial score (nSPS) is 12.1. The summed E-state index contributed by atoms with van der Waals surface area (Å²) >= 11 is 0. The Bertz CT molecular complexity index is 694. The maximum absolute atomic E-state index is 11.1. The van der Waals surface area contributed by atoms with E-state index in [4.69, 9.17) is 13.7 Å². The molecule has 10 heteroatoms. The van der Waals surface area contributed by atoms with Gasteiger partial charge in [-0.15, -0.1) is 0 Å². The van der Waals surface area contributed by atoms with E-state index in [1.165, 1.54) is 7.11 Å². The van der Waals surface area contributed by atoms with Gasteiger partial charge in [-0.25, -0.2) is 0 Å². The van der Waals surface area contributed by atoms with Gasteiger partial charge in [0.05, 0.1) is 26.2 Å². The smallest absolute Gasteiger partial charge is 0.264 e. The van der Waals surface area contributed by atoms with E-state index < -0.39 is 20.2 Å². The van der Waals surface area contributed by atoms with Crippen LogP contribution in [0.2, 0.25) is 0 Å². The fourth-order valence-corrected chi connectivity index (χ4v) is 2.16. The highest BCUT2D eigenvalue weighted by Gasteiger charge is 2.10. The summed E-state index contributed by atoms with van der Waals surface area (Å²) in [5, 5.41) is 0. The highest BCUT2D eigenvalue weighted by molar-refractivity contribution is 7.86. The number of hydrogen-bond acceptors (Lipinski definition) is 8. The third kappa shape index (κ3) is 7.59. The molecule has 1 aromatic rings. The summed E-state index contributed by atoms with van der Waals surface area (Å²) in [6, 6.07) is 4.76. The molecule has 0 aliphatic heterocycles. The molecule has 1 rings (SSSR count). The second-order valence-corrected chi connectivity index (χ2v) is 7.60. The lowest BCUT2D eigenvalue weighted by molar-refractivity contribution is 0.217. The summed E-state index contributed by atoms with van der Waals surface area (Å²) in [5.74, 6) is 0.855. The zero-order chi connectivity index (χ0) is 16.8. The van der Waals surface area contributed by atoms with Crippen LogP contribution in [0.25, 0.3) is 0 Å². The molecule has 0 bridgehead atoms. The van der Waals surface area contributed by atoms with Crippen molar-refractivity contribution < 1.29 is 34.7 Å². The number of rotatable bonds is 9. The van der Waals surface area contributed by atoms with Crippen LogP contribution in [-0.2, 0) is 35.2 Å². The molecule has 0 atom stereocenters. The van der Waals surface area contributed by atoms with Gasteiger partial charge in [0, 0.05) is 5.56 Å². The van der Waals surface area contributed by atoms with Gasteiger partial charge in [-0.05, 0) is 18.2 Å². The Labute approximate surface area is 130 Å². The van der Waals surface area contributed by atoms with Gasteiger partial charge in [-0.2, -0.15) is 16.8 Å². The summed E-state index contributed by atoms with van der Waals surface area (Å²) in [6.45, 7) is -0.402. The SMILES string of the molecule is COc1ccc(OCCOS(C)(=O)=O)c(COS(C)(=O)=O)c1. The minimum atomic E-state index is -3.60. The molecule has 0 aromatic heterocycles. The molecule has 0 N–H and O–H groups in total. The monoisotopic (exact) mass is 354 g/mol. The lowest BCUT2D eigenvalue weighted by Crippen LogP contribution is -2.12. The molecular formula is C12H18O8S2. The first-order valence-electron chi connectivity index (χ1n) is 6.09. The van der Waals surface area contributed by atoms with Gasteiger partial charge >= 0.3 is 0 Å². The van der Waals surface area contributed by atoms with E-state index in [9.17, 15) is 16.8 Å². The van der Waals surface area contributed by atoms with E-state index in [2.05, 4.69) is 4.18 Å². The van der Waals surface area contributed by atoms with Crippen molar-refractivity contribution in [1.29, 1.82) is 0 Å². The standard InChI is InChI=1S/C12H18O8S2/c1-17-11-4-5-12(18-6-7-19-21(2,13)14)10(8-11)9-20-22(3,15)16/h4-5,8H,6-7,9H2,1-3H3. The molecule has 1 aromatic carbocycles. The van der Waals surface area contributed by atoms with E-state index in [-0.39, 0.29) is 19.8 Å². The molecule has 0 aliphatic carbocycles. The number of benzene rings is 1. The topological polar surface area (TPSA) is 105 Å². The Morgan fingerprint density at radius 3 is 2.14 bits per heavy atom. The van der Waals surface area contributed by atoms with Crippen molar-refractivity contribution in [2.75, 3.05) is 32.8 Å². The highest BCUT2D eigenvalue weighted by Crippen LogP contribution is 2.25. The second-order valence-electron chi connectivity index (χ2n) is 4.31. The predicted molar refractivity (Wildman–Crippen MR) is 78.9 cm³/mol. The van der Waals surface area contributed by atoms with Crippen LogP contribution in [-0.4, -0.2) is 49.7 Å². The van der Waals surface area contributed by atoms with Gasteiger partial charge in [0.15, 0.2) is 0 Å². The van der Waals surface area contributed by atoms with Crippen LogP contribution in [0.1, 0.15) is 5.56 Å². The van der Waals surface area contributed by atoms with Crippen molar-refractivity contribution in [2.24, 2.45) is 0 Å². The third-order valence-electron chi connectivity index (χ3n) is 2.33. The van der Waals surface area contributed by atoms with Crippen LogP contribution >= 0.6 is 0 Å². The van der Waals surface area contributed by atoms with Crippen molar-refractivity contribution >= 4 is 20.2 Å².